The highest BCUT2D eigenvalue weighted by Crippen LogP contribution is 2.31. The van der Waals surface area contributed by atoms with E-state index in [1.807, 2.05) is 4.90 Å². The number of carbonyl (C=O) groups excluding carboxylic acids is 2. The van der Waals surface area contributed by atoms with Crippen molar-refractivity contribution < 1.29 is 9.59 Å². The molecule has 5 nitrogen and oxygen atoms in total. The van der Waals surface area contributed by atoms with Gasteiger partial charge in [0.05, 0.1) is 19.3 Å². The first-order chi connectivity index (χ1) is 13.0. The molecule has 3 aliphatic rings. The minimum atomic E-state index is 0.100. The third-order valence-corrected chi connectivity index (χ3v) is 6.77. The van der Waals surface area contributed by atoms with Gasteiger partial charge < -0.3 is 9.80 Å². The second kappa shape index (κ2) is 7.63. The van der Waals surface area contributed by atoms with Crippen LogP contribution in [0.3, 0.4) is 0 Å². The molecule has 1 atom stereocenters. The maximum Gasteiger partial charge on any atom is 0.238 e. The fourth-order valence-corrected chi connectivity index (χ4v) is 4.56. The van der Waals surface area contributed by atoms with Gasteiger partial charge in [0.2, 0.25) is 11.8 Å². The summed E-state index contributed by atoms with van der Waals surface area (Å²) >= 11 is 0. The molecule has 4 rings (SSSR count). The van der Waals surface area contributed by atoms with Crippen molar-refractivity contribution in [3.05, 3.63) is 35.4 Å². The minimum absolute atomic E-state index is 0.100. The summed E-state index contributed by atoms with van der Waals surface area (Å²) in [6, 6.07) is 8.98. The quantitative estimate of drug-likeness (QED) is 0.820. The average Bonchev–Trinajstić information content (AvgIpc) is 3.02. The predicted molar refractivity (Wildman–Crippen MR) is 105 cm³/mol. The second-order valence-corrected chi connectivity index (χ2v) is 8.52. The molecule has 1 saturated carbocycles. The van der Waals surface area contributed by atoms with Gasteiger partial charge in [-0.05, 0) is 45.1 Å². The molecule has 0 aromatic heterocycles. The van der Waals surface area contributed by atoms with E-state index in [0.717, 1.165) is 38.8 Å². The fourth-order valence-electron chi connectivity index (χ4n) is 4.56. The number of benzene rings is 1. The van der Waals surface area contributed by atoms with Crippen molar-refractivity contribution in [1.29, 1.82) is 0 Å². The van der Waals surface area contributed by atoms with Gasteiger partial charge in [-0.3, -0.25) is 14.5 Å². The Kier molecular flexibility index (Phi) is 5.22. The van der Waals surface area contributed by atoms with Gasteiger partial charge in [0.15, 0.2) is 0 Å². The van der Waals surface area contributed by atoms with Crippen LogP contribution in [0.25, 0.3) is 0 Å². The number of nitrogens with zero attached hydrogens (tertiary/aromatic N) is 3. The largest absolute Gasteiger partial charge is 0.342 e. The van der Waals surface area contributed by atoms with Crippen LogP contribution in [0.15, 0.2) is 24.3 Å². The van der Waals surface area contributed by atoms with E-state index >= 15 is 0 Å². The summed E-state index contributed by atoms with van der Waals surface area (Å²) in [7, 11) is 0. The zero-order valence-corrected chi connectivity index (χ0v) is 16.6. The summed E-state index contributed by atoms with van der Waals surface area (Å²) in [5, 5.41) is 0. The van der Waals surface area contributed by atoms with Gasteiger partial charge in [0.25, 0.3) is 0 Å². The minimum Gasteiger partial charge on any atom is -0.342 e. The number of rotatable bonds is 4. The molecule has 2 heterocycles. The molecule has 0 bridgehead atoms. The molecule has 0 N–H and O–H groups in total. The first kappa shape index (κ1) is 18.5. The Morgan fingerprint density at radius 3 is 2.33 bits per heavy atom. The summed E-state index contributed by atoms with van der Waals surface area (Å²) < 4.78 is 0. The first-order valence-corrected chi connectivity index (χ1v) is 10.4. The van der Waals surface area contributed by atoms with Crippen LogP contribution < -0.4 is 0 Å². The highest BCUT2D eigenvalue weighted by atomic mass is 16.2. The highest BCUT2D eigenvalue weighted by molar-refractivity contribution is 5.81. The molecule has 2 saturated heterocycles. The maximum atomic E-state index is 12.6. The SMILES string of the molecule is Cc1ccc([C@H](C)N2CN(C3CCN(C(=O)C4CCC4)CC3)CC2=O)cc1. The summed E-state index contributed by atoms with van der Waals surface area (Å²) in [5.74, 6) is 0.878. The van der Waals surface area contributed by atoms with Crippen molar-refractivity contribution in [2.45, 2.75) is 58.0 Å². The second-order valence-electron chi connectivity index (χ2n) is 8.52. The third-order valence-electron chi connectivity index (χ3n) is 6.77. The van der Waals surface area contributed by atoms with Crippen molar-refractivity contribution in [3.8, 4) is 0 Å². The van der Waals surface area contributed by atoms with E-state index in [9.17, 15) is 9.59 Å². The molecule has 2 aliphatic heterocycles. The van der Waals surface area contributed by atoms with Crippen LogP contribution in [0.2, 0.25) is 0 Å². The number of amides is 2. The Labute approximate surface area is 162 Å². The van der Waals surface area contributed by atoms with Crippen molar-refractivity contribution in [2.75, 3.05) is 26.3 Å². The van der Waals surface area contributed by atoms with E-state index in [2.05, 4.69) is 47.9 Å². The van der Waals surface area contributed by atoms with E-state index in [0.29, 0.717) is 31.1 Å². The lowest BCUT2D eigenvalue weighted by Crippen LogP contribution is -2.48. The highest BCUT2D eigenvalue weighted by Gasteiger charge is 2.38. The summed E-state index contributed by atoms with van der Waals surface area (Å²) in [5.41, 5.74) is 2.43. The number of aryl methyl sites for hydroxylation is 1. The monoisotopic (exact) mass is 369 g/mol. The molecule has 1 aromatic rings. The van der Waals surface area contributed by atoms with E-state index in [1.54, 1.807) is 0 Å². The average molecular weight is 370 g/mol. The number of hydrogen-bond donors (Lipinski definition) is 0. The Morgan fingerprint density at radius 1 is 1.07 bits per heavy atom. The fraction of sp³-hybridized carbons (Fsp3) is 0.636. The molecule has 1 aromatic carbocycles. The van der Waals surface area contributed by atoms with Gasteiger partial charge >= 0.3 is 0 Å². The lowest BCUT2D eigenvalue weighted by atomic mass is 9.84. The van der Waals surface area contributed by atoms with E-state index in [1.165, 1.54) is 17.5 Å². The van der Waals surface area contributed by atoms with Gasteiger partial charge in [-0.1, -0.05) is 36.2 Å². The zero-order chi connectivity index (χ0) is 19.0. The molecule has 0 radical (unpaired) electrons. The Hall–Kier alpha value is -1.88. The smallest absolute Gasteiger partial charge is 0.238 e. The van der Waals surface area contributed by atoms with Crippen LogP contribution in [0.5, 0.6) is 0 Å². The summed E-state index contributed by atoms with van der Waals surface area (Å²) in [6.45, 7) is 7.11. The molecule has 5 heteroatoms. The molecular formula is C22H31N3O2. The Bertz CT molecular complexity index is 690. The first-order valence-electron chi connectivity index (χ1n) is 10.4. The van der Waals surface area contributed by atoms with Gasteiger partial charge in [0.1, 0.15) is 0 Å². The molecule has 0 unspecified atom stereocenters. The Balaban J connectivity index is 1.32. The molecule has 27 heavy (non-hydrogen) atoms. The van der Waals surface area contributed by atoms with Crippen LogP contribution in [0.1, 0.15) is 56.2 Å². The summed E-state index contributed by atoms with van der Waals surface area (Å²) in [6.07, 6.45) is 5.32. The predicted octanol–water partition coefficient (Wildman–Crippen LogP) is 2.95. The molecule has 146 valence electrons. The number of piperidine rings is 1. The van der Waals surface area contributed by atoms with Gasteiger partial charge in [-0.2, -0.15) is 0 Å². The lowest BCUT2D eigenvalue weighted by Gasteiger charge is -2.39. The van der Waals surface area contributed by atoms with Crippen molar-refractivity contribution in [1.82, 2.24) is 14.7 Å². The van der Waals surface area contributed by atoms with Crippen LogP contribution in [0.4, 0.5) is 0 Å². The van der Waals surface area contributed by atoms with Gasteiger partial charge in [-0.25, -0.2) is 0 Å². The molecular weight excluding hydrogens is 338 g/mol. The van der Waals surface area contributed by atoms with Crippen molar-refractivity contribution in [2.24, 2.45) is 5.92 Å². The standard InChI is InChI=1S/C22H31N3O2/c1-16-6-8-18(9-7-16)17(2)25-15-24(14-21(25)26)20-10-12-23(13-11-20)22(27)19-4-3-5-19/h6-9,17,19-20H,3-5,10-15H2,1-2H3/t17-/m0/s1. The van der Waals surface area contributed by atoms with Crippen LogP contribution in [-0.4, -0.2) is 58.9 Å². The molecule has 2 amide bonds. The maximum absolute atomic E-state index is 12.6. The number of likely N-dealkylation sites (tertiary alicyclic amines) is 1. The van der Waals surface area contributed by atoms with Gasteiger partial charge in [0, 0.05) is 25.0 Å². The van der Waals surface area contributed by atoms with Crippen LogP contribution >= 0.6 is 0 Å². The summed E-state index contributed by atoms with van der Waals surface area (Å²) in [4.78, 5) is 31.4. The van der Waals surface area contributed by atoms with Crippen LogP contribution in [-0.2, 0) is 9.59 Å². The third kappa shape index (κ3) is 3.75. The van der Waals surface area contributed by atoms with Crippen LogP contribution in [0, 0.1) is 12.8 Å². The normalized spacial score (nSPS) is 23.6. The van der Waals surface area contributed by atoms with Gasteiger partial charge in [-0.15, -0.1) is 0 Å². The number of hydrogen-bond acceptors (Lipinski definition) is 3. The van der Waals surface area contributed by atoms with E-state index < -0.39 is 0 Å². The molecule has 0 spiro atoms. The van der Waals surface area contributed by atoms with E-state index in [4.69, 9.17) is 0 Å². The zero-order valence-electron chi connectivity index (χ0n) is 16.6. The topological polar surface area (TPSA) is 43.9 Å². The van der Waals surface area contributed by atoms with Crippen molar-refractivity contribution in [3.63, 3.8) is 0 Å². The van der Waals surface area contributed by atoms with E-state index in [-0.39, 0.29) is 11.9 Å². The number of carbonyl (C=O) groups is 2. The molecule has 1 aliphatic carbocycles. The Morgan fingerprint density at radius 2 is 1.74 bits per heavy atom. The molecule has 3 fully saturated rings. The van der Waals surface area contributed by atoms with Crippen molar-refractivity contribution >= 4 is 11.8 Å². The lowest BCUT2D eigenvalue weighted by molar-refractivity contribution is -0.139.